The maximum atomic E-state index is 12.5. The Morgan fingerprint density at radius 1 is 1.25 bits per heavy atom. The van der Waals surface area contributed by atoms with E-state index in [0.717, 1.165) is 31.5 Å². The lowest BCUT2D eigenvalue weighted by Crippen LogP contribution is -2.45. The highest BCUT2D eigenvalue weighted by Gasteiger charge is 2.36. The first-order chi connectivity index (χ1) is 15.5. The number of aromatic nitrogens is 3. The summed E-state index contributed by atoms with van der Waals surface area (Å²) in [5.74, 6) is 1.78. The fourth-order valence-electron chi connectivity index (χ4n) is 4.18. The van der Waals surface area contributed by atoms with Crippen molar-refractivity contribution in [1.29, 1.82) is 0 Å². The van der Waals surface area contributed by atoms with Gasteiger partial charge in [0.25, 0.3) is 5.91 Å². The van der Waals surface area contributed by atoms with Gasteiger partial charge in [0.15, 0.2) is 0 Å². The molecular formula is C23H27N5O4. The van der Waals surface area contributed by atoms with Crippen molar-refractivity contribution >= 4 is 5.91 Å². The zero-order valence-corrected chi connectivity index (χ0v) is 18.2. The van der Waals surface area contributed by atoms with Crippen LogP contribution in [0, 0.1) is 5.92 Å². The predicted molar refractivity (Wildman–Crippen MR) is 115 cm³/mol. The van der Waals surface area contributed by atoms with E-state index in [0.29, 0.717) is 30.0 Å². The summed E-state index contributed by atoms with van der Waals surface area (Å²) in [5.41, 5.74) is 1.55. The van der Waals surface area contributed by atoms with E-state index in [9.17, 15) is 4.79 Å². The Kier molecular flexibility index (Phi) is 5.75. The minimum atomic E-state index is -0.266. The Morgan fingerprint density at radius 2 is 2.03 bits per heavy atom. The number of nitrogens with zero attached hydrogens (tertiary/aromatic N) is 4. The Bertz CT molecular complexity index is 1050. The van der Waals surface area contributed by atoms with Crippen LogP contribution in [-0.2, 0) is 4.74 Å². The van der Waals surface area contributed by atoms with Crippen molar-refractivity contribution in [2.45, 2.75) is 37.8 Å². The summed E-state index contributed by atoms with van der Waals surface area (Å²) in [7, 11) is 2.10. The lowest BCUT2D eigenvalue weighted by atomic mass is 9.80. The average Bonchev–Trinajstić information content (AvgIpc) is 3.43. The molecule has 32 heavy (non-hydrogen) atoms. The topological polar surface area (TPSA) is 107 Å². The molecule has 1 atom stereocenters. The summed E-state index contributed by atoms with van der Waals surface area (Å²) >= 11 is 0. The summed E-state index contributed by atoms with van der Waals surface area (Å²) in [6.45, 7) is 4.77. The van der Waals surface area contributed by atoms with Crippen molar-refractivity contribution in [2.75, 3.05) is 26.7 Å². The maximum Gasteiger partial charge on any atom is 0.290 e. The van der Waals surface area contributed by atoms with Crippen LogP contribution in [0.5, 0.6) is 0 Å². The van der Waals surface area contributed by atoms with Crippen molar-refractivity contribution in [1.82, 2.24) is 25.6 Å². The van der Waals surface area contributed by atoms with Crippen LogP contribution < -0.4 is 5.32 Å². The molecule has 2 fully saturated rings. The van der Waals surface area contributed by atoms with E-state index < -0.39 is 0 Å². The number of hydrogen-bond donors (Lipinski definition) is 1. The molecule has 1 N–H and O–H groups in total. The van der Waals surface area contributed by atoms with Gasteiger partial charge in [0.2, 0.25) is 17.5 Å². The van der Waals surface area contributed by atoms with Gasteiger partial charge in [-0.3, -0.25) is 4.79 Å². The molecule has 1 aliphatic heterocycles. The Labute approximate surface area is 186 Å². The highest BCUT2D eigenvalue weighted by Crippen LogP contribution is 2.37. The first-order valence-electron chi connectivity index (χ1n) is 11.0. The minimum absolute atomic E-state index is 0.0393. The second-order valence-electron chi connectivity index (χ2n) is 8.82. The molecule has 5 rings (SSSR count). The maximum absolute atomic E-state index is 12.5. The molecule has 168 valence electrons. The van der Waals surface area contributed by atoms with Crippen LogP contribution in [-0.4, -0.2) is 58.9 Å². The number of carbonyl (C=O) groups excluding carboxylic acids is 1. The van der Waals surface area contributed by atoms with Gasteiger partial charge in [0, 0.05) is 42.6 Å². The zero-order valence-electron chi connectivity index (χ0n) is 18.2. The molecule has 9 heteroatoms. The van der Waals surface area contributed by atoms with Gasteiger partial charge < -0.3 is 23.9 Å². The Morgan fingerprint density at radius 3 is 2.78 bits per heavy atom. The molecule has 0 radical (unpaired) electrons. The van der Waals surface area contributed by atoms with Crippen LogP contribution in [0.15, 0.2) is 45.3 Å². The third-order valence-corrected chi connectivity index (χ3v) is 6.15. The third-order valence-electron chi connectivity index (χ3n) is 6.15. The van der Waals surface area contributed by atoms with Gasteiger partial charge in [-0.25, -0.2) is 0 Å². The van der Waals surface area contributed by atoms with Crippen LogP contribution in [0.4, 0.5) is 0 Å². The van der Waals surface area contributed by atoms with Crippen molar-refractivity contribution in [3.63, 3.8) is 0 Å². The molecule has 3 aromatic rings. The second kappa shape index (κ2) is 8.84. The number of rotatable bonds is 8. The number of amides is 1. The molecule has 9 nitrogen and oxygen atoms in total. The molecule has 2 aromatic heterocycles. The normalized spacial score (nSPS) is 22.2. The quantitative estimate of drug-likeness (QED) is 0.573. The van der Waals surface area contributed by atoms with Crippen LogP contribution in [0.2, 0.25) is 0 Å². The van der Waals surface area contributed by atoms with E-state index in [-0.39, 0.29) is 29.7 Å². The van der Waals surface area contributed by atoms with Crippen LogP contribution >= 0.6 is 0 Å². The van der Waals surface area contributed by atoms with E-state index in [1.54, 1.807) is 6.07 Å². The third kappa shape index (κ3) is 4.44. The van der Waals surface area contributed by atoms with Gasteiger partial charge in [-0.15, -0.1) is 10.2 Å². The van der Waals surface area contributed by atoms with E-state index in [1.807, 2.05) is 37.3 Å². The fraction of sp³-hybridized carbons (Fsp3) is 0.478. The molecule has 2 aliphatic rings. The lowest BCUT2D eigenvalue weighted by Gasteiger charge is -2.36. The Balaban J connectivity index is 1.09. The standard InChI is InChI=1S/C23H27N5O4/c1-14(30-13-15-11-28(2)12-15)22-25-26-23(31-22)17-8-18(9-17)24-21(29)20-10-19(27-32-20)16-6-4-3-5-7-16/h3-7,10,14-15,17-18H,8-9,11-13H2,1-2H3,(H,24,29)/t14?,17-,18-. The molecule has 0 bridgehead atoms. The van der Waals surface area contributed by atoms with Crippen molar-refractivity contribution < 1.29 is 18.5 Å². The fourth-order valence-corrected chi connectivity index (χ4v) is 4.18. The first-order valence-corrected chi connectivity index (χ1v) is 11.0. The number of carbonyl (C=O) groups is 1. The minimum Gasteiger partial charge on any atom is -0.422 e. The van der Waals surface area contributed by atoms with Gasteiger partial charge in [-0.2, -0.15) is 0 Å². The average molecular weight is 438 g/mol. The summed E-state index contributed by atoms with van der Waals surface area (Å²) in [4.78, 5) is 14.8. The Hall–Kier alpha value is -3.04. The summed E-state index contributed by atoms with van der Waals surface area (Å²) in [6.07, 6.45) is 1.27. The zero-order chi connectivity index (χ0) is 22.1. The number of benzene rings is 1. The highest BCUT2D eigenvalue weighted by atomic mass is 16.5. The summed E-state index contributed by atoms with van der Waals surface area (Å²) < 4.78 is 17.0. The molecule has 0 spiro atoms. The molecule has 1 unspecified atom stereocenters. The predicted octanol–water partition coefficient (Wildman–Crippen LogP) is 3.04. The number of likely N-dealkylation sites (tertiary alicyclic amines) is 1. The van der Waals surface area contributed by atoms with Crippen molar-refractivity contribution in [2.24, 2.45) is 5.92 Å². The van der Waals surface area contributed by atoms with Gasteiger partial charge in [-0.05, 0) is 26.8 Å². The van der Waals surface area contributed by atoms with Crippen molar-refractivity contribution in [3.8, 4) is 11.3 Å². The van der Waals surface area contributed by atoms with E-state index in [2.05, 4.69) is 32.6 Å². The molecule has 1 saturated heterocycles. The van der Waals surface area contributed by atoms with E-state index in [4.69, 9.17) is 13.7 Å². The van der Waals surface area contributed by atoms with Gasteiger partial charge in [-0.1, -0.05) is 35.5 Å². The van der Waals surface area contributed by atoms with Crippen molar-refractivity contribution in [3.05, 3.63) is 53.9 Å². The second-order valence-corrected chi connectivity index (χ2v) is 8.82. The molecule has 3 heterocycles. The first kappa shape index (κ1) is 20.8. The largest absolute Gasteiger partial charge is 0.422 e. The SMILES string of the molecule is CC(OCC1CN(C)C1)c1nnc([C@H]2C[C@H](NC(=O)c3cc(-c4ccccc4)no3)C2)o1. The number of nitrogens with one attached hydrogen (secondary N) is 1. The lowest BCUT2D eigenvalue weighted by molar-refractivity contribution is -0.0179. The van der Waals surface area contributed by atoms with Crippen LogP contribution in [0.25, 0.3) is 11.3 Å². The van der Waals surface area contributed by atoms with Gasteiger partial charge in [0.05, 0.1) is 6.61 Å². The monoisotopic (exact) mass is 437 g/mol. The molecular weight excluding hydrogens is 410 g/mol. The molecule has 1 aromatic carbocycles. The molecule has 1 saturated carbocycles. The van der Waals surface area contributed by atoms with E-state index in [1.165, 1.54) is 0 Å². The van der Waals surface area contributed by atoms with Gasteiger partial charge in [0.1, 0.15) is 11.8 Å². The van der Waals surface area contributed by atoms with Crippen LogP contribution in [0.3, 0.4) is 0 Å². The van der Waals surface area contributed by atoms with E-state index >= 15 is 0 Å². The molecule has 1 amide bonds. The smallest absolute Gasteiger partial charge is 0.290 e. The van der Waals surface area contributed by atoms with Crippen LogP contribution in [0.1, 0.15) is 54.1 Å². The number of ether oxygens (including phenoxy) is 1. The van der Waals surface area contributed by atoms with Gasteiger partial charge >= 0.3 is 0 Å². The molecule has 1 aliphatic carbocycles. The highest BCUT2D eigenvalue weighted by molar-refractivity contribution is 5.92. The summed E-state index contributed by atoms with van der Waals surface area (Å²) in [5, 5.41) is 15.3. The number of hydrogen-bond acceptors (Lipinski definition) is 8. The summed E-state index contributed by atoms with van der Waals surface area (Å²) in [6, 6.07) is 11.3.